The summed E-state index contributed by atoms with van der Waals surface area (Å²) in [7, 11) is -3.64. The summed E-state index contributed by atoms with van der Waals surface area (Å²) in [4.78, 5) is 26.8. The van der Waals surface area contributed by atoms with Crippen molar-refractivity contribution in [2.45, 2.75) is 19.9 Å². The minimum Gasteiger partial charge on any atom is -0.334 e. The van der Waals surface area contributed by atoms with Gasteiger partial charge in [-0.15, -0.1) is 0 Å². The van der Waals surface area contributed by atoms with Crippen LogP contribution in [0.5, 0.6) is 0 Å². The van der Waals surface area contributed by atoms with Gasteiger partial charge in [-0.1, -0.05) is 31.2 Å². The summed E-state index contributed by atoms with van der Waals surface area (Å²) in [5.41, 5.74) is 3.18. The number of hydrogen-bond donors (Lipinski definition) is 0. The van der Waals surface area contributed by atoms with Crippen LogP contribution < -0.4 is 4.31 Å². The number of benzene rings is 2. The molecule has 0 N–H and O–H groups in total. The monoisotopic (exact) mass is 384 g/mol. The number of carbonyl (C=O) groups is 2. The zero-order valence-corrected chi connectivity index (χ0v) is 15.8. The van der Waals surface area contributed by atoms with Gasteiger partial charge in [0.05, 0.1) is 17.4 Å². The summed E-state index contributed by atoms with van der Waals surface area (Å²) in [6, 6.07) is 14.3. The zero-order valence-electron chi connectivity index (χ0n) is 15.0. The Morgan fingerprint density at radius 1 is 1.04 bits per heavy atom. The second-order valence-corrected chi connectivity index (χ2v) is 8.94. The van der Waals surface area contributed by atoms with Crippen LogP contribution in [0.3, 0.4) is 0 Å². The maximum Gasteiger partial charge on any atom is 0.254 e. The van der Waals surface area contributed by atoms with E-state index in [9.17, 15) is 18.0 Å². The lowest BCUT2D eigenvalue weighted by Gasteiger charge is -2.29. The normalized spacial score (nSPS) is 21.2. The molecule has 140 valence electrons. The Balaban J connectivity index is 1.55. The lowest BCUT2D eigenvalue weighted by atomic mass is 9.99. The second-order valence-electron chi connectivity index (χ2n) is 7.07. The van der Waals surface area contributed by atoms with E-state index in [0.717, 1.165) is 16.3 Å². The van der Waals surface area contributed by atoms with Crippen molar-refractivity contribution in [1.82, 2.24) is 4.90 Å². The van der Waals surface area contributed by atoms with E-state index < -0.39 is 21.8 Å². The topological polar surface area (TPSA) is 74.8 Å². The van der Waals surface area contributed by atoms with E-state index in [1.54, 1.807) is 24.0 Å². The summed E-state index contributed by atoms with van der Waals surface area (Å²) in [6.45, 7) is 2.81. The largest absolute Gasteiger partial charge is 0.334 e. The number of hydrogen-bond acceptors (Lipinski definition) is 4. The molecule has 2 heterocycles. The zero-order chi connectivity index (χ0) is 19.2. The van der Waals surface area contributed by atoms with Gasteiger partial charge in [0, 0.05) is 18.7 Å². The molecule has 0 spiro atoms. The van der Waals surface area contributed by atoms with Crippen molar-refractivity contribution in [2.75, 3.05) is 16.6 Å². The number of rotatable bonds is 2. The van der Waals surface area contributed by atoms with E-state index in [4.69, 9.17) is 0 Å². The van der Waals surface area contributed by atoms with Crippen molar-refractivity contribution in [1.29, 1.82) is 0 Å². The number of carbonyl (C=O) groups excluding carboxylic acids is 2. The fourth-order valence-electron chi connectivity index (χ4n) is 3.68. The molecule has 2 aromatic carbocycles. The van der Waals surface area contributed by atoms with Gasteiger partial charge in [-0.05, 0) is 41.8 Å². The molecule has 2 aliphatic rings. The molecule has 6 nitrogen and oxygen atoms in total. The molecule has 0 bridgehead atoms. The third-order valence-corrected chi connectivity index (χ3v) is 7.00. The summed E-state index contributed by atoms with van der Waals surface area (Å²) in [5, 5.41) is 0. The number of sulfonamides is 1. The molecule has 0 aliphatic carbocycles. The standard InChI is InChI=1S/C20H20N2O4S/c1-14-13-27(25,26)22(19(14)23)18-8-6-16(7-9-18)20(24)21-11-10-15-4-2-3-5-17(15)12-21/h2-9,14H,10-13H2,1H3. The van der Waals surface area contributed by atoms with Crippen molar-refractivity contribution in [3.05, 3.63) is 65.2 Å². The first-order valence-electron chi connectivity index (χ1n) is 8.90. The highest BCUT2D eigenvalue weighted by Crippen LogP contribution is 2.29. The maximum absolute atomic E-state index is 12.8. The molecule has 1 saturated heterocycles. The molecule has 1 atom stereocenters. The van der Waals surface area contributed by atoms with Crippen molar-refractivity contribution in [3.8, 4) is 0 Å². The van der Waals surface area contributed by atoms with Gasteiger partial charge >= 0.3 is 0 Å². The van der Waals surface area contributed by atoms with Gasteiger partial charge in [0.25, 0.3) is 5.91 Å². The molecule has 0 saturated carbocycles. The molecule has 4 rings (SSSR count). The molecule has 1 unspecified atom stereocenters. The van der Waals surface area contributed by atoms with Crippen LogP contribution >= 0.6 is 0 Å². The Hall–Kier alpha value is -2.67. The van der Waals surface area contributed by atoms with Gasteiger partial charge in [-0.3, -0.25) is 9.59 Å². The van der Waals surface area contributed by atoms with Crippen LogP contribution in [0, 0.1) is 5.92 Å². The van der Waals surface area contributed by atoms with E-state index >= 15 is 0 Å². The number of fused-ring (bicyclic) bond motifs is 1. The molecule has 2 amide bonds. The highest BCUT2D eigenvalue weighted by atomic mass is 32.2. The molecular weight excluding hydrogens is 364 g/mol. The average Bonchev–Trinajstić information content (AvgIpc) is 2.87. The average molecular weight is 384 g/mol. The fourth-order valence-corrected chi connectivity index (χ4v) is 5.50. The van der Waals surface area contributed by atoms with E-state index in [2.05, 4.69) is 6.07 Å². The predicted molar refractivity (Wildman–Crippen MR) is 102 cm³/mol. The van der Waals surface area contributed by atoms with Crippen LogP contribution in [0.2, 0.25) is 0 Å². The maximum atomic E-state index is 12.8. The van der Waals surface area contributed by atoms with Gasteiger partial charge < -0.3 is 4.90 Å². The molecule has 2 aromatic rings. The Labute approximate surface area is 158 Å². The molecule has 1 fully saturated rings. The quantitative estimate of drug-likeness (QED) is 0.796. The number of nitrogens with zero attached hydrogens (tertiary/aromatic N) is 2. The van der Waals surface area contributed by atoms with Crippen molar-refractivity contribution in [2.24, 2.45) is 5.92 Å². The summed E-state index contributed by atoms with van der Waals surface area (Å²) >= 11 is 0. The summed E-state index contributed by atoms with van der Waals surface area (Å²) in [5.74, 6) is -1.26. The van der Waals surface area contributed by atoms with Crippen molar-refractivity contribution >= 4 is 27.5 Å². The Bertz CT molecular complexity index is 1010. The van der Waals surface area contributed by atoms with Gasteiger partial charge in [0.2, 0.25) is 15.9 Å². The van der Waals surface area contributed by atoms with Crippen LogP contribution in [0.15, 0.2) is 48.5 Å². The molecule has 2 aliphatic heterocycles. The first-order chi connectivity index (χ1) is 12.9. The number of anilines is 1. The van der Waals surface area contributed by atoms with Crippen LogP contribution in [0.4, 0.5) is 5.69 Å². The van der Waals surface area contributed by atoms with Gasteiger partial charge in [0.15, 0.2) is 0 Å². The second kappa shape index (κ2) is 6.49. The minimum absolute atomic E-state index is 0.0972. The SMILES string of the molecule is CC1CS(=O)(=O)N(c2ccc(C(=O)N3CCc4ccccc4C3)cc2)C1=O. The minimum atomic E-state index is -3.64. The predicted octanol–water partition coefficient (Wildman–Crippen LogP) is 2.20. The smallest absolute Gasteiger partial charge is 0.254 e. The van der Waals surface area contributed by atoms with Crippen LogP contribution in [-0.2, 0) is 27.8 Å². The molecular formula is C20H20N2O4S. The summed E-state index contributed by atoms with van der Waals surface area (Å²) < 4.78 is 25.2. The van der Waals surface area contributed by atoms with Crippen LogP contribution in [-0.4, -0.2) is 37.4 Å². The van der Waals surface area contributed by atoms with Crippen LogP contribution in [0.1, 0.15) is 28.4 Å². The van der Waals surface area contributed by atoms with E-state index in [0.29, 0.717) is 18.7 Å². The van der Waals surface area contributed by atoms with Crippen molar-refractivity contribution < 1.29 is 18.0 Å². The molecule has 0 aromatic heterocycles. The van der Waals surface area contributed by atoms with E-state index in [-0.39, 0.29) is 17.3 Å². The van der Waals surface area contributed by atoms with Gasteiger partial charge in [-0.25, -0.2) is 12.7 Å². The third kappa shape index (κ3) is 3.12. The highest BCUT2D eigenvalue weighted by molar-refractivity contribution is 7.94. The third-order valence-electron chi connectivity index (χ3n) is 5.13. The molecule has 7 heteroatoms. The Kier molecular flexibility index (Phi) is 4.26. The first-order valence-corrected chi connectivity index (χ1v) is 10.5. The first kappa shape index (κ1) is 17.7. The Morgan fingerprint density at radius 2 is 1.70 bits per heavy atom. The van der Waals surface area contributed by atoms with Crippen molar-refractivity contribution in [3.63, 3.8) is 0 Å². The summed E-state index contributed by atoms with van der Waals surface area (Å²) in [6.07, 6.45) is 0.818. The van der Waals surface area contributed by atoms with Gasteiger partial charge in [-0.2, -0.15) is 0 Å². The lowest BCUT2D eigenvalue weighted by molar-refractivity contribution is -0.119. The fraction of sp³-hybridized carbons (Fsp3) is 0.300. The van der Waals surface area contributed by atoms with E-state index in [1.807, 2.05) is 18.2 Å². The van der Waals surface area contributed by atoms with Crippen LogP contribution in [0.25, 0.3) is 0 Å². The molecule has 27 heavy (non-hydrogen) atoms. The Morgan fingerprint density at radius 3 is 2.33 bits per heavy atom. The highest BCUT2D eigenvalue weighted by Gasteiger charge is 2.41. The van der Waals surface area contributed by atoms with E-state index in [1.165, 1.54) is 17.7 Å². The van der Waals surface area contributed by atoms with Gasteiger partial charge in [0.1, 0.15) is 0 Å². The lowest BCUT2D eigenvalue weighted by Crippen LogP contribution is -2.36. The molecule has 0 radical (unpaired) electrons. The number of amides is 2.